The average molecular weight is 289 g/mol. The van der Waals surface area contributed by atoms with E-state index in [4.69, 9.17) is 5.11 Å². The predicted octanol–water partition coefficient (Wildman–Crippen LogP) is 0.918. The standard InChI is InChI=1S/C15H19N3O3/c1-15-9-16-6-7-18(15)14(21)17(10-15)12-4-2-11(3-5-12)8-13(19)20/h2-5,16H,6-10H2,1H3,(H,19,20). The number of fused-ring (bicyclic) bond motifs is 1. The molecule has 6 nitrogen and oxygen atoms in total. The van der Waals surface area contributed by atoms with E-state index in [-0.39, 0.29) is 18.0 Å². The molecule has 0 radical (unpaired) electrons. The normalized spacial score (nSPS) is 25.1. The van der Waals surface area contributed by atoms with Crippen molar-refractivity contribution in [2.75, 3.05) is 31.1 Å². The molecule has 21 heavy (non-hydrogen) atoms. The maximum absolute atomic E-state index is 12.5. The topological polar surface area (TPSA) is 72.9 Å². The molecule has 2 aliphatic rings. The number of hydrogen-bond donors (Lipinski definition) is 2. The molecular formula is C15H19N3O3. The maximum Gasteiger partial charge on any atom is 0.325 e. The average Bonchev–Trinajstić information content (AvgIpc) is 2.71. The Balaban J connectivity index is 1.81. The summed E-state index contributed by atoms with van der Waals surface area (Å²) in [4.78, 5) is 26.9. The lowest BCUT2D eigenvalue weighted by atomic mass is 9.99. The van der Waals surface area contributed by atoms with E-state index in [0.29, 0.717) is 6.54 Å². The molecule has 0 saturated carbocycles. The Hall–Kier alpha value is -2.08. The maximum atomic E-state index is 12.5. The molecular weight excluding hydrogens is 270 g/mol. The Labute approximate surface area is 123 Å². The van der Waals surface area contributed by atoms with E-state index in [1.165, 1.54) is 0 Å². The lowest BCUT2D eigenvalue weighted by Gasteiger charge is -2.38. The molecule has 6 heteroatoms. The number of piperazine rings is 1. The van der Waals surface area contributed by atoms with Gasteiger partial charge in [0.25, 0.3) is 0 Å². The van der Waals surface area contributed by atoms with E-state index < -0.39 is 5.97 Å². The van der Waals surface area contributed by atoms with E-state index in [9.17, 15) is 9.59 Å². The molecule has 3 rings (SSSR count). The Kier molecular flexibility index (Phi) is 3.33. The van der Waals surface area contributed by atoms with Crippen LogP contribution in [-0.2, 0) is 11.2 Å². The highest BCUT2D eigenvalue weighted by molar-refractivity contribution is 5.95. The van der Waals surface area contributed by atoms with Gasteiger partial charge in [0.05, 0.1) is 18.5 Å². The number of amides is 2. The summed E-state index contributed by atoms with van der Waals surface area (Å²) in [5.41, 5.74) is 1.39. The van der Waals surface area contributed by atoms with Crippen LogP contribution in [0.3, 0.4) is 0 Å². The predicted molar refractivity (Wildman–Crippen MR) is 78.5 cm³/mol. The number of aliphatic carboxylic acids is 1. The van der Waals surface area contributed by atoms with Crippen molar-refractivity contribution in [3.05, 3.63) is 29.8 Å². The minimum Gasteiger partial charge on any atom is -0.481 e. The van der Waals surface area contributed by atoms with Crippen LogP contribution in [0.2, 0.25) is 0 Å². The molecule has 2 N–H and O–H groups in total. The number of rotatable bonds is 3. The van der Waals surface area contributed by atoms with Gasteiger partial charge in [-0.25, -0.2) is 4.79 Å². The van der Waals surface area contributed by atoms with Gasteiger partial charge in [-0.3, -0.25) is 9.69 Å². The highest BCUT2D eigenvalue weighted by Gasteiger charge is 2.47. The lowest BCUT2D eigenvalue weighted by Crippen LogP contribution is -2.58. The van der Waals surface area contributed by atoms with Gasteiger partial charge in [0.2, 0.25) is 0 Å². The van der Waals surface area contributed by atoms with Gasteiger partial charge in [-0.2, -0.15) is 0 Å². The molecule has 2 fully saturated rings. The number of carboxylic acids is 1. The highest BCUT2D eigenvalue weighted by Crippen LogP contribution is 2.31. The van der Waals surface area contributed by atoms with Gasteiger partial charge in [0.15, 0.2) is 0 Å². The number of benzene rings is 1. The molecule has 112 valence electrons. The minimum absolute atomic E-state index is 0.00197. The number of urea groups is 1. The first-order valence-corrected chi connectivity index (χ1v) is 7.10. The highest BCUT2D eigenvalue weighted by atomic mass is 16.4. The molecule has 0 bridgehead atoms. The van der Waals surface area contributed by atoms with Crippen LogP contribution in [0, 0.1) is 0 Å². The van der Waals surface area contributed by atoms with E-state index in [0.717, 1.165) is 30.9 Å². The first-order chi connectivity index (χ1) is 9.99. The third-order valence-corrected chi connectivity index (χ3v) is 4.23. The van der Waals surface area contributed by atoms with Crippen molar-refractivity contribution in [2.24, 2.45) is 0 Å². The lowest BCUT2D eigenvalue weighted by molar-refractivity contribution is -0.136. The Morgan fingerprint density at radius 2 is 2.10 bits per heavy atom. The number of carbonyl (C=O) groups excluding carboxylic acids is 1. The van der Waals surface area contributed by atoms with Crippen LogP contribution < -0.4 is 10.2 Å². The molecule has 1 aromatic carbocycles. The van der Waals surface area contributed by atoms with Gasteiger partial charge in [-0.05, 0) is 24.6 Å². The van der Waals surface area contributed by atoms with Crippen LogP contribution in [0.25, 0.3) is 0 Å². The Bertz CT molecular complexity index is 572. The molecule has 0 aliphatic carbocycles. The van der Waals surface area contributed by atoms with Gasteiger partial charge >= 0.3 is 12.0 Å². The zero-order chi connectivity index (χ0) is 15.0. The van der Waals surface area contributed by atoms with Crippen LogP contribution in [0.4, 0.5) is 10.5 Å². The zero-order valence-electron chi connectivity index (χ0n) is 12.0. The summed E-state index contributed by atoms with van der Waals surface area (Å²) in [5, 5.41) is 12.1. The summed E-state index contributed by atoms with van der Waals surface area (Å²) in [6, 6.07) is 7.23. The van der Waals surface area contributed by atoms with Crippen LogP contribution in [-0.4, -0.2) is 53.7 Å². The van der Waals surface area contributed by atoms with Crippen molar-refractivity contribution in [1.29, 1.82) is 0 Å². The Morgan fingerprint density at radius 1 is 1.38 bits per heavy atom. The molecule has 2 aliphatic heterocycles. The van der Waals surface area contributed by atoms with Crippen LogP contribution in [0.15, 0.2) is 24.3 Å². The second-order valence-corrected chi connectivity index (χ2v) is 5.93. The number of carboxylic acid groups (broad SMARTS) is 1. The second kappa shape index (κ2) is 5.04. The fraction of sp³-hybridized carbons (Fsp3) is 0.467. The van der Waals surface area contributed by atoms with Gasteiger partial charge < -0.3 is 15.3 Å². The van der Waals surface area contributed by atoms with E-state index in [1.807, 2.05) is 17.0 Å². The first kappa shape index (κ1) is 13.9. The van der Waals surface area contributed by atoms with Gasteiger partial charge in [-0.15, -0.1) is 0 Å². The molecule has 1 atom stereocenters. The van der Waals surface area contributed by atoms with Crippen LogP contribution in [0.5, 0.6) is 0 Å². The Morgan fingerprint density at radius 3 is 2.71 bits per heavy atom. The summed E-state index contributed by atoms with van der Waals surface area (Å²) in [6.07, 6.45) is 0.00197. The summed E-state index contributed by atoms with van der Waals surface area (Å²) in [6.45, 7) is 5.09. The fourth-order valence-electron chi connectivity index (χ4n) is 3.11. The fourth-order valence-corrected chi connectivity index (χ4v) is 3.11. The molecule has 1 unspecified atom stereocenters. The van der Waals surface area contributed by atoms with Crippen molar-refractivity contribution in [3.8, 4) is 0 Å². The van der Waals surface area contributed by atoms with E-state index in [1.54, 1.807) is 17.0 Å². The van der Waals surface area contributed by atoms with Crippen molar-refractivity contribution in [3.63, 3.8) is 0 Å². The number of carbonyl (C=O) groups is 2. The summed E-state index contributed by atoms with van der Waals surface area (Å²) >= 11 is 0. The van der Waals surface area contributed by atoms with Crippen LogP contribution >= 0.6 is 0 Å². The second-order valence-electron chi connectivity index (χ2n) is 5.93. The first-order valence-electron chi connectivity index (χ1n) is 7.10. The van der Waals surface area contributed by atoms with E-state index in [2.05, 4.69) is 12.2 Å². The third kappa shape index (κ3) is 2.47. The van der Waals surface area contributed by atoms with Crippen LogP contribution in [0.1, 0.15) is 12.5 Å². The van der Waals surface area contributed by atoms with Gasteiger partial charge in [0.1, 0.15) is 0 Å². The molecule has 0 aromatic heterocycles. The quantitative estimate of drug-likeness (QED) is 0.868. The number of hydrogen-bond acceptors (Lipinski definition) is 3. The zero-order valence-corrected chi connectivity index (χ0v) is 12.0. The smallest absolute Gasteiger partial charge is 0.325 e. The molecule has 2 saturated heterocycles. The number of anilines is 1. The minimum atomic E-state index is -0.851. The summed E-state index contributed by atoms with van der Waals surface area (Å²) in [7, 11) is 0. The van der Waals surface area contributed by atoms with Crippen molar-refractivity contribution in [1.82, 2.24) is 10.2 Å². The van der Waals surface area contributed by atoms with Gasteiger partial charge in [0, 0.05) is 25.3 Å². The number of nitrogens with zero attached hydrogens (tertiary/aromatic N) is 2. The van der Waals surface area contributed by atoms with E-state index >= 15 is 0 Å². The molecule has 2 heterocycles. The largest absolute Gasteiger partial charge is 0.481 e. The van der Waals surface area contributed by atoms with Gasteiger partial charge in [-0.1, -0.05) is 12.1 Å². The summed E-state index contributed by atoms with van der Waals surface area (Å²) in [5.74, 6) is -0.851. The van der Waals surface area contributed by atoms with Crippen molar-refractivity contribution < 1.29 is 14.7 Å². The number of nitrogens with one attached hydrogen (secondary N) is 1. The monoisotopic (exact) mass is 289 g/mol. The third-order valence-electron chi connectivity index (χ3n) is 4.23. The SMILES string of the molecule is CC12CNCCN1C(=O)N(c1ccc(CC(=O)O)cc1)C2. The molecule has 0 spiro atoms. The molecule has 1 aromatic rings. The summed E-state index contributed by atoms with van der Waals surface area (Å²) < 4.78 is 0. The van der Waals surface area contributed by atoms with Crippen molar-refractivity contribution in [2.45, 2.75) is 18.9 Å². The molecule has 2 amide bonds. The van der Waals surface area contributed by atoms with Crippen molar-refractivity contribution >= 4 is 17.7 Å².